The molecule has 1 aromatic heterocycles. The lowest BCUT2D eigenvalue weighted by Crippen LogP contribution is -2.17. The molecule has 1 aliphatic rings. The van der Waals surface area contributed by atoms with E-state index in [1.165, 1.54) is 24.3 Å². The number of hydrogen-bond acceptors (Lipinski definition) is 5. The molecule has 1 aromatic carbocycles. The highest BCUT2D eigenvalue weighted by molar-refractivity contribution is 6.04. The number of aromatic nitrogens is 1. The summed E-state index contributed by atoms with van der Waals surface area (Å²) in [6, 6.07) is 7.15. The van der Waals surface area contributed by atoms with Crippen molar-refractivity contribution in [2.75, 3.05) is 0 Å². The van der Waals surface area contributed by atoms with Gasteiger partial charge in [0.2, 0.25) is 0 Å². The Morgan fingerprint density at radius 1 is 1.21 bits per heavy atom. The quantitative estimate of drug-likeness (QED) is 0.527. The lowest BCUT2D eigenvalue weighted by atomic mass is 9.98. The number of rotatable bonds is 4. The van der Waals surface area contributed by atoms with Gasteiger partial charge in [0, 0.05) is 36.4 Å². The predicted octanol–water partition coefficient (Wildman–Crippen LogP) is 3.66. The van der Waals surface area contributed by atoms with Crippen molar-refractivity contribution in [2.45, 2.75) is 19.2 Å². The number of benzene rings is 1. The normalized spacial score (nSPS) is 13.9. The summed E-state index contributed by atoms with van der Waals surface area (Å²) in [5.74, 6) is 0.287. The monoisotopic (exact) mass is 335 g/mol. The van der Waals surface area contributed by atoms with Crippen molar-refractivity contribution in [3.63, 3.8) is 0 Å². The maximum Gasteiger partial charge on any atom is 0.573 e. The van der Waals surface area contributed by atoms with Crippen LogP contribution in [0.5, 0.6) is 5.75 Å². The molecule has 0 radical (unpaired) electrons. The summed E-state index contributed by atoms with van der Waals surface area (Å²) < 4.78 is 40.3. The minimum absolute atomic E-state index is 0.249. The molecule has 0 amide bonds. The van der Waals surface area contributed by atoms with E-state index < -0.39 is 6.36 Å². The average molecular weight is 335 g/mol. The fraction of sp³-hybridized carbons (Fsp3) is 0.188. The van der Waals surface area contributed by atoms with Crippen molar-refractivity contribution < 1.29 is 23.1 Å². The number of pyridine rings is 1. The molecule has 2 heterocycles. The zero-order chi connectivity index (χ0) is 17.2. The summed E-state index contributed by atoms with van der Waals surface area (Å²) >= 11 is 0. The number of alkyl halides is 3. The molecule has 0 atom stereocenters. The molecule has 124 valence electrons. The molecular formula is C16H12F3N3O2. The number of oxime groups is 1. The van der Waals surface area contributed by atoms with Gasteiger partial charge in [0.1, 0.15) is 5.75 Å². The van der Waals surface area contributed by atoms with E-state index in [1.807, 2.05) is 0 Å². The van der Waals surface area contributed by atoms with Crippen molar-refractivity contribution in [3.8, 4) is 5.75 Å². The Morgan fingerprint density at radius 2 is 1.96 bits per heavy atom. The van der Waals surface area contributed by atoms with Crippen molar-refractivity contribution in [3.05, 3.63) is 53.2 Å². The second-order valence-electron chi connectivity index (χ2n) is 5.09. The van der Waals surface area contributed by atoms with E-state index in [0.717, 1.165) is 11.1 Å². The number of ether oxygens (including phenoxy) is 1. The molecule has 3 rings (SSSR count). The van der Waals surface area contributed by atoms with Gasteiger partial charge in [-0.25, -0.2) is 9.98 Å². The van der Waals surface area contributed by atoms with E-state index in [0.29, 0.717) is 23.5 Å². The first-order chi connectivity index (χ1) is 11.5. The lowest BCUT2D eigenvalue weighted by molar-refractivity contribution is -0.274. The first-order valence-electron chi connectivity index (χ1n) is 7.02. The van der Waals surface area contributed by atoms with E-state index in [1.54, 1.807) is 18.5 Å². The van der Waals surface area contributed by atoms with E-state index in [2.05, 4.69) is 19.9 Å². The summed E-state index contributed by atoms with van der Waals surface area (Å²) in [4.78, 5) is 8.27. The number of aliphatic imine (C=N–C) groups is 1. The van der Waals surface area contributed by atoms with Gasteiger partial charge in [0.15, 0.2) is 5.82 Å². The van der Waals surface area contributed by atoms with Gasteiger partial charge < -0.3 is 9.94 Å². The fourth-order valence-electron chi connectivity index (χ4n) is 2.47. The number of nitrogens with zero attached hydrogens (tertiary/aromatic N) is 3. The molecule has 1 aliphatic heterocycles. The number of halogens is 3. The Hall–Kier alpha value is -2.90. The van der Waals surface area contributed by atoms with Gasteiger partial charge in [-0.3, -0.25) is 0 Å². The van der Waals surface area contributed by atoms with Gasteiger partial charge in [-0.2, -0.15) is 0 Å². The van der Waals surface area contributed by atoms with Crippen LogP contribution in [0.4, 0.5) is 19.0 Å². The largest absolute Gasteiger partial charge is 0.573 e. The van der Waals surface area contributed by atoms with Crippen LogP contribution >= 0.6 is 0 Å². The van der Waals surface area contributed by atoms with Gasteiger partial charge in [0.05, 0.1) is 5.71 Å². The summed E-state index contributed by atoms with van der Waals surface area (Å²) in [6.07, 6.45) is -0.590. The van der Waals surface area contributed by atoms with Crippen LogP contribution in [0.3, 0.4) is 0 Å². The van der Waals surface area contributed by atoms with Crippen LogP contribution in [0.25, 0.3) is 0 Å². The average Bonchev–Trinajstić information content (AvgIpc) is 3.01. The standard InChI is InChI=1S/C16H12F3N3O2/c17-16(18,19)24-11-3-1-10(2-4-11)9-14(22-23)12-5-7-20-15-13(12)6-8-21-15/h1-5,7-8,23H,6,9H2/b22-14+. The Bertz CT molecular complexity index is 799. The molecule has 0 saturated heterocycles. The highest BCUT2D eigenvalue weighted by Crippen LogP contribution is 2.27. The van der Waals surface area contributed by atoms with Crippen LogP contribution < -0.4 is 4.74 Å². The molecule has 0 bridgehead atoms. The smallest absolute Gasteiger partial charge is 0.411 e. The summed E-state index contributed by atoms with van der Waals surface area (Å²) in [5.41, 5.74) is 2.66. The summed E-state index contributed by atoms with van der Waals surface area (Å²) in [5, 5.41) is 12.7. The first kappa shape index (κ1) is 16.0. The van der Waals surface area contributed by atoms with Crippen LogP contribution in [0.2, 0.25) is 0 Å². The molecule has 0 unspecified atom stereocenters. The highest BCUT2D eigenvalue weighted by Gasteiger charge is 2.31. The van der Waals surface area contributed by atoms with Gasteiger partial charge in [0.25, 0.3) is 0 Å². The maximum atomic E-state index is 12.2. The highest BCUT2D eigenvalue weighted by atomic mass is 19.4. The second kappa shape index (κ2) is 6.31. The minimum atomic E-state index is -4.73. The molecule has 0 spiro atoms. The second-order valence-corrected chi connectivity index (χ2v) is 5.09. The lowest BCUT2D eigenvalue weighted by Gasteiger charge is -2.11. The zero-order valence-corrected chi connectivity index (χ0v) is 12.3. The van der Waals surface area contributed by atoms with Crippen LogP contribution in [-0.2, 0) is 12.8 Å². The fourth-order valence-corrected chi connectivity index (χ4v) is 2.47. The Balaban J connectivity index is 1.79. The van der Waals surface area contributed by atoms with E-state index in [9.17, 15) is 18.4 Å². The SMILES string of the molecule is O/N=C(\Cc1ccc(OC(F)(F)F)cc1)c1ccnc2c1CC=N2. The molecular weight excluding hydrogens is 323 g/mol. The van der Waals surface area contributed by atoms with Crippen LogP contribution in [0.15, 0.2) is 46.7 Å². The molecule has 5 nitrogen and oxygen atoms in total. The minimum Gasteiger partial charge on any atom is -0.411 e. The van der Waals surface area contributed by atoms with Crippen LogP contribution in [0, 0.1) is 0 Å². The third kappa shape index (κ3) is 3.53. The third-order valence-electron chi connectivity index (χ3n) is 3.50. The van der Waals surface area contributed by atoms with Gasteiger partial charge in [-0.05, 0) is 23.8 Å². The molecule has 8 heteroatoms. The van der Waals surface area contributed by atoms with E-state index in [4.69, 9.17) is 0 Å². The van der Waals surface area contributed by atoms with E-state index in [-0.39, 0.29) is 12.2 Å². The first-order valence-corrected chi connectivity index (χ1v) is 7.02. The number of fused-ring (bicyclic) bond motifs is 1. The Labute approximate surface area is 135 Å². The molecule has 0 aliphatic carbocycles. The molecule has 0 saturated carbocycles. The third-order valence-corrected chi connectivity index (χ3v) is 3.50. The number of hydrogen-bond donors (Lipinski definition) is 1. The molecule has 1 N–H and O–H groups in total. The molecule has 24 heavy (non-hydrogen) atoms. The van der Waals surface area contributed by atoms with Crippen LogP contribution in [0.1, 0.15) is 16.7 Å². The zero-order valence-electron chi connectivity index (χ0n) is 12.3. The van der Waals surface area contributed by atoms with Crippen LogP contribution in [-0.4, -0.2) is 28.5 Å². The van der Waals surface area contributed by atoms with Crippen molar-refractivity contribution in [1.29, 1.82) is 0 Å². The summed E-state index contributed by atoms with van der Waals surface area (Å²) in [6.45, 7) is 0. The van der Waals surface area contributed by atoms with Crippen molar-refractivity contribution in [2.24, 2.45) is 10.1 Å². The van der Waals surface area contributed by atoms with Crippen molar-refractivity contribution in [1.82, 2.24) is 4.98 Å². The predicted molar refractivity (Wildman–Crippen MR) is 81.2 cm³/mol. The maximum absolute atomic E-state index is 12.2. The van der Waals surface area contributed by atoms with Gasteiger partial charge in [-0.1, -0.05) is 17.3 Å². The molecule has 2 aromatic rings. The van der Waals surface area contributed by atoms with Crippen molar-refractivity contribution >= 4 is 17.7 Å². The summed E-state index contributed by atoms with van der Waals surface area (Å²) in [7, 11) is 0. The topological polar surface area (TPSA) is 67.1 Å². The van der Waals surface area contributed by atoms with Gasteiger partial charge in [-0.15, -0.1) is 13.2 Å². The van der Waals surface area contributed by atoms with Gasteiger partial charge >= 0.3 is 6.36 Å². The Morgan fingerprint density at radius 3 is 2.62 bits per heavy atom. The Kier molecular flexibility index (Phi) is 4.20. The van der Waals surface area contributed by atoms with E-state index >= 15 is 0 Å². The molecule has 0 fully saturated rings.